The predicted molar refractivity (Wildman–Crippen MR) is 127 cm³/mol. The number of nitrogens with one attached hydrogen (secondary N) is 1. The van der Waals surface area contributed by atoms with E-state index in [1.54, 1.807) is 24.3 Å². The molecule has 0 spiro atoms. The van der Waals surface area contributed by atoms with Gasteiger partial charge < -0.3 is 20.3 Å². The molecule has 1 aliphatic heterocycles. The molecule has 3 aromatic rings. The van der Waals surface area contributed by atoms with Crippen LogP contribution in [0, 0.1) is 5.82 Å². The second-order valence-corrected chi connectivity index (χ2v) is 8.76. The number of nitrogens with zero attached hydrogens (tertiary/aromatic N) is 2. The molecule has 1 atom stereocenters. The highest BCUT2D eigenvalue weighted by Gasteiger charge is 2.22. The zero-order chi connectivity index (χ0) is 25.3. The van der Waals surface area contributed by atoms with Gasteiger partial charge in [-0.3, -0.25) is 18.7 Å². The smallest absolute Gasteiger partial charge is 0.333 e. The van der Waals surface area contributed by atoms with Crippen molar-refractivity contribution in [1.82, 2.24) is 9.13 Å². The molecule has 0 saturated carbocycles. The van der Waals surface area contributed by atoms with Crippen molar-refractivity contribution in [3.05, 3.63) is 85.9 Å². The first-order valence-electron chi connectivity index (χ1n) is 11.2. The molecular formula is C25H26FN3O6. The molecule has 4 rings (SSSR count). The van der Waals surface area contributed by atoms with E-state index in [1.165, 1.54) is 6.07 Å². The van der Waals surface area contributed by atoms with Crippen LogP contribution < -0.4 is 16.6 Å². The Hall–Kier alpha value is -3.92. The van der Waals surface area contributed by atoms with E-state index in [4.69, 9.17) is 4.74 Å². The molecule has 1 amide bonds. The van der Waals surface area contributed by atoms with Crippen molar-refractivity contribution in [3.63, 3.8) is 0 Å². The summed E-state index contributed by atoms with van der Waals surface area (Å²) >= 11 is 0. The molecule has 184 valence electrons. The van der Waals surface area contributed by atoms with Gasteiger partial charge in [0.15, 0.2) is 0 Å². The molecule has 35 heavy (non-hydrogen) atoms. The standard InChI is InChI=1S/C25H26FN3O6/c1-14(2)17-10-18(21(31)11-20(17)30)23(32)27-16-7-5-15(6-8-16)12-29-24(33)19(26)13-28(25(29)34)22-4-3-9-35-22/h5-8,10-11,13-14,22,30-31H,3-4,9,12H2,1-2H3,(H,27,32). The number of anilines is 1. The molecule has 3 N–H and O–H groups in total. The molecule has 0 aliphatic carbocycles. The Morgan fingerprint density at radius 1 is 1.17 bits per heavy atom. The van der Waals surface area contributed by atoms with E-state index >= 15 is 0 Å². The van der Waals surface area contributed by atoms with E-state index in [2.05, 4.69) is 5.32 Å². The lowest BCUT2D eigenvalue weighted by Gasteiger charge is -2.16. The van der Waals surface area contributed by atoms with Gasteiger partial charge in [-0.15, -0.1) is 0 Å². The van der Waals surface area contributed by atoms with Crippen LogP contribution in [0.4, 0.5) is 10.1 Å². The first kappa shape index (κ1) is 24.2. The number of carbonyl (C=O) groups excluding carboxylic acids is 1. The second kappa shape index (κ2) is 9.75. The number of phenols is 2. The van der Waals surface area contributed by atoms with Gasteiger partial charge in [0.05, 0.1) is 18.3 Å². The van der Waals surface area contributed by atoms with E-state index in [9.17, 15) is 29.0 Å². The van der Waals surface area contributed by atoms with Crippen molar-refractivity contribution in [1.29, 1.82) is 0 Å². The quantitative estimate of drug-likeness (QED) is 0.495. The summed E-state index contributed by atoms with van der Waals surface area (Å²) in [5, 5.41) is 22.7. The van der Waals surface area contributed by atoms with Crippen LogP contribution in [0.1, 0.15) is 60.3 Å². The van der Waals surface area contributed by atoms with Crippen molar-refractivity contribution < 1.29 is 24.1 Å². The maximum atomic E-state index is 14.2. The van der Waals surface area contributed by atoms with Crippen LogP contribution in [0.5, 0.6) is 11.5 Å². The highest BCUT2D eigenvalue weighted by molar-refractivity contribution is 6.06. The number of phenolic OH excluding ortho intramolecular Hbond substituents is 2. The zero-order valence-corrected chi connectivity index (χ0v) is 19.3. The maximum Gasteiger partial charge on any atom is 0.333 e. The van der Waals surface area contributed by atoms with Gasteiger partial charge in [0, 0.05) is 18.4 Å². The fraction of sp³-hybridized carbons (Fsp3) is 0.320. The third kappa shape index (κ3) is 4.97. The monoisotopic (exact) mass is 483 g/mol. The molecule has 9 nitrogen and oxygen atoms in total. The molecule has 2 heterocycles. The summed E-state index contributed by atoms with van der Waals surface area (Å²) in [6.45, 7) is 4.01. The van der Waals surface area contributed by atoms with Crippen molar-refractivity contribution >= 4 is 11.6 Å². The Bertz CT molecular complexity index is 1370. The number of aromatic hydroxyl groups is 2. The number of benzene rings is 2. The molecule has 0 bridgehead atoms. The average Bonchev–Trinajstić information content (AvgIpc) is 3.34. The van der Waals surface area contributed by atoms with E-state index < -0.39 is 29.2 Å². The van der Waals surface area contributed by atoms with Gasteiger partial charge in [0.2, 0.25) is 5.82 Å². The van der Waals surface area contributed by atoms with Gasteiger partial charge in [-0.1, -0.05) is 26.0 Å². The molecule has 1 fully saturated rings. The van der Waals surface area contributed by atoms with Crippen LogP contribution in [0.25, 0.3) is 0 Å². The molecule has 1 aliphatic rings. The van der Waals surface area contributed by atoms with Crippen LogP contribution in [-0.2, 0) is 11.3 Å². The average molecular weight is 483 g/mol. The van der Waals surface area contributed by atoms with Crippen LogP contribution >= 0.6 is 0 Å². The minimum absolute atomic E-state index is 0.0107. The summed E-state index contributed by atoms with van der Waals surface area (Å²) in [7, 11) is 0. The summed E-state index contributed by atoms with van der Waals surface area (Å²) in [6.07, 6.45) is 1.58. The number of ether oxygens (including phenoxy) is 1. The van der Waals surface area contributed by atoms with E-state index in [-0.39, 0.29) is 29.5 Å². The molecule has 1 unspecified atom stereocenters. The number of rotatable bonds is 6. The fourth-order valence-corrected chi connectivity index (χ4v) is 4.03. The van der Waals surface area contributed by atoms with Gasteiger partial charge in [0.25, 0.3) is 11.5 Å². The fourth-order valence-electron chi connectivity index (χ4n) is 4.03. The third-order valence-corrected chi connectivity index (χ3v) is 5.93. The van der Waals surface area contributed by atoms with Gasteiger partial charge in [-0.2, -0.15) is 4.39 Å². The second-order valence-electron chi connectivity index (χ2n) is 8.76. The van der Waals surface area contributed by atoms with E-state index in [0.29, 0.717) is 29.8 Å². The number of hydrogen-bond acceptors (Lipinski definition) is 6. The Morgan fingerprint density at radius 3 is 2.51 bits per heavy atom. The molecule has 1 aromatic heterocycles. The summed E-state index contributed by atoms with van der Waals surface area (Å²) in [5.74, 6) is -2.12. The highest BCUT2D eigenvalue weighted by Crippen LogP contribution is 2.32. The Balaban J connectivity index is 1.54. The largest absolute Gasteiger partial charge is 0.508 e. The molecule has 10 heteroatoms. The van der Waals surface area contributed by atoms with Crippen molar-refractivity contribution in [3.8, 4) is 11.5 Å². The van der Waals surface area contributed by atoms with Gasteiger partial charge >= 0.3 is 5.69 Å². The molecular weight excluding hydrogens is 457 g/mol. The number of aromatic nitrogens is 2. The van der Waals surface area contributed by atoms with Crippen molar-refractivity contribution in [2.45, 2.75) is 45.4 Å². The van der Waals surface area contributed by atoms with E-state index in [1.807, 2.05) is 13.8 Å². The van der Waals surface area contributed by atoms with Gasteiger partial charge in [-0.05, 0) is 48.1 Å². The van der Waals surface area contributed by atoms with Gasteiger partial charge in [0.1, 0.15) is 17.7 Å². The van der Waals surface area contributed by atoms with Gasteiger partial charge in [-0.25, -0.2) is 4.79 Å². The van der Waals surface area contributed by atoms with Crippen molar-refractivity contribution in [2.75, 3.05) is 11.9 Å². The summed E-state index contributed by atoms with van der Waals surface area (Å²) in [6, 6.07) is 8.90. The SMILES string of the molecule is CC(C)c1cc(C(=O)Nc2ccc(Cn3c(=O)c(F)cn(C4CCCO4)c3=O)cc2)c(O)cc1O. The lowest BCUT2D eigenvalue weighted by atomic mass is 9.98. The van der Waals surface area contributed by atoms with E-state index in [0.717, 1.165) is 27.8 Å². The predicted octanol–water partition coefficient (Wildman–Crippen LogP) is 3.29. The molecule has 0 radical (unpaired) electrons. The molecule has 2 aromatic carbocycles. The Morgan fingerprint density at radius 2 is 1.89 bits per heavy atom. The zero-order valence-electron chi connectivity index (χ0n) is 19.3. The van der Waals surface area contributed by atoms with Crippen LogP contribution in [0.15, 0.2) is 52.2 Å². The lowest BCUT2D eigenvalue weighted by Crippen LogP contribution is -2.42. The minimum atomic E-state index is -1.04. The summed E-state index contributed by atoms with van der Waals surface area (Å²) < 4.78 is 21.6. The minimum Gasteiger partial charge on any atom is -0.508 e. The summed E-state index contributed by atoms with van der Waals surface area (Å²) in [5.41, 5.74) is -0.203. The van der Waals surface area contributed by atoms with Crippen LogP contribution in [0.2, 0.25) is 0 Å². The van der Waals surface area contributed by atoms with Crippen molar-refractivity contribution in [2.24, 2.45) is 0 Å². The highest BCUT2D eigenvalue weighted by atomic mass is 19.1. The maximum absolute atomic E-state index is 14.2. The first-order valence-corrected chi connectivity index (χ1v) is 11.2. The number of hydrogen-bond donors (Lipinski definition) is 3. The third-order valence-electron chi connectivity index (χ3n) is 5.93. The summed E-state index contributed by atoms with van der Waals surface area (Å²) in [4.78, 5) is 37.8. The van der Waals surface area contributed by atoms with Crippen LogP contribution in [0.3, 0.4) is 0 Å². The normalized spacial score (nSPS) is 15.5. The lowest BCUT2D eigenvalue weighted by molar-refractivity contribution is 0.0504. The van der Waals surface area contributed by atoms with Crippen LogP contribution in [-0.4, -0.2) is 31.9 Å². The Labute approximate surface area is 200 Å². The Kier molecular flexibility index (Phi) is 6.74. The number of carbonyl (C=O) groups is 1. The number of amides is 1. The number of halogens is 1. The first-order chi connectivity index (χ1) is 16.7. The molecule has 1 saturated heterocycles. The topological polar surface area (TPSA) is 123 Å².